The molecule has 32 heavy (non-hydrogen) atoms. The number of hydrogen-bond donors (Lipinski definition) is 0. The zero-order valence-electron chi connectivity index (χ0n) is 16.7. The highest BCUT2D eigenvalue weighted by Gasteiger charge is 2.22. The van der Waals surface area contributed by atoms with Crippen LogP contribution < -0.4 is 0 Å². The van der Waals surface area contributed by atoms with E-state index >= 15 is 0 Å². The molecule has 0 aliphatic carbocycles. The van der Waals surface area contributed by atoms with E-state index in [4.69, 9.17) is 4.42 Å². The van der Waals surface area contributed by atoms with E-state index in [1.807, 2.05) is 18.3 Å². The minimum absolute atomic E-state index is 0.00754. The van der Waals surface area contributed by atoms with Crippen LogP contribution in [0.3, 0.4) is 0 Å². The van der Waals surface area contributed by atoms with Crippen LogP contribution in [0.2, 0.25) is 0 Å². The molecule has 5 rings (SSSR count). The Morgan fingerprint density at radius 3 is 2.75 bits per heavy atom. The van der Waals surface area contributed by atoms with Crippen LogP contribution in [0.15, 0.2) is 41.1 Å². The normalized spacial score (nSPS) is 16.9. The maximum atomic E-state index is 13.4. The number of nitrogens with zero attached hydrogens (tertiary/aromatic N) is 7. The highest BCUT2D eigenvalue weighted by Crippen LogP contribution is 2.28. The molecule has 0 bridgehead atoms. The zero-order chi connectivity index (χ0) is 22.1. The summed E-state index contributed by atoms with van der Waals surface area (Å²) >= 11 is 1.62. The number of thiophene rings is 1. The summed E-state index contributed by atoms with van der Waals surface area (Å²) in [4.78, 5) is 8.60. The summed E-state index contributed by atoms with van der Waals surface area (Å²) in [6, 6.07) is 7.46. The zero-order valence-corrected chi connectivity index (χ0v) is 17.6. The molecule has 0 radical (unpaired) electrons. The minimum Gasteiger partial charge on any atom is -0.415 e. The Kier molecular flexibility index (Phi) is 5.70. The first-order valence-corrected chi connectivity index (χ1v) is 10.8. The van der Waals surface area contributed by atoms with Gasteiger partial charge in [0.25, 0.3) is 5.89 Å². The van der Waals surface area contributed by atoms with Crippen molar-refractivity contribution in [3.63, 3.8) is 0 Å². The predicted octanol–water partition coefficient (Wildman–Crippen LogP) is 3.98. The molecule has 1 fully saturated rings. The number of aromatic nitrogens is 6. The molecule has 1 aliphatic rings. The SMILES string of the molecule is FC(F)c1nnc(-c2ccc(Cn3cc(-c4ccc(CN5CC[C@@H](F)C5)s4)nn3)nc2)o1. The summed E-state index contributed by atoms with van der Waals surface area (Å²) in [5.41, 5.74) is 1.92. The molecule has 0 aromatic carbocycles. The van der Waals surface area contributed by atoms with Crippen molar-refractivity contribution in [1.82, 2.24) is 35.1 Å². The number of alkyl halides is 3. The Morgan fingerprint density at radius 1 is 1.12 bits per heavy atom. The molecule has 0 unspecified atom stereocenters. The van der Waals surface area contributed by atoms with E-state index in [1.165, 1.54) is 6.20 Å². The van der Waals surface area contributed by atoms with Crippen molar-refractivity contribution in [2.24, 2.45) is 0 Å². The van der Waals surface area contributed by atoms with Gasteiger partial charge in [0.2, 0.25) is 5.89 Å². The fourth-order valence-electron chi connectivity index (χ4n) is 3.49. The first kappa shape index (κ1) is 20.8. The fraction of sp³-hybridized carbons (Fsp3) is 0.350. The van der Waals surface area contributed by atoms with E-state index in [-0.39, 0.29) is 5.89 Å². The van der Waals surface area contributed by atoms with Crippen molar-refractivity contribution in [3.8, 4) is 22.0 Å². The largest absolute Gasteiger partial charge is 0.415 e. The summed E-state index contributed by atoms with van der Waals surface area (Å²) in [5.74, 6) is -0.727. The molecular formula is C20H18F3N7OS. The molecule has 8 nitrogen and oxygen atoms in total. The highest BCUT2D eigenvalue weighted by molar-refractivity contribution is 7.15. The number of hydrogen-bond acceptors (Lipinski definition) is 8. The van der Waals surface area contributed by atoms with Gasteiger partial charge in [0.05, 0.1) is 28.9 Å². The maximum absolute atomic E-state index is 13.4. The molecule has 4 aromatic heterocycles. The van der Waals surface area contributed by atoms with Gasteiger partial charge in [0.15, 0.2) is 0 Å². The average molecular weight is 461 g/mol. The molecule has 166 valence electrons. The lowest BCUT2D eigenvalue weighted by Gasteiger charge is -2.12. The van der Waals surface area contributed by atoms with E-state index in [1.54, 1.807) is 28.2 Å². The first-order valence-electron chi connectivity index (χ1n) is 9.96. The Hall–Kier alpha value is -3.12. The van der Waals surface area contributed by atoms with Crippen LogP contribution in [0.4, 0.5) is 13.2 Å². The van der Waals surface area contributed by atoms with Gasteiger partial charge < -0.3 is 4.42 Å². The van der Waals surface area contributed by atoms with Gasteiger partial charge in [-0.3, -0.25) is 9.88 Å². The van der Waals surface area contributed by atoms with Crippen LogP contribution in [-0.2, 0) is 13.1 Å². The van der Waals surface area contributed by atoms with E-state index in [0.29, 0.717) is 30.8 Å². The van der Waals surface area contributed by atoms with Gasteiger partial charge in [-0.1, -0.05) is 5.21 Å². The van der Waals surface area contributed by atoms with Crippen molar-refractivity contribution >= 4 is 11.3 Å². The molecule has 4 aromatic rings. The number of halogens is 3. The number of pyridine rings is 1. The van der Waals surface area contributed by atoms with Gasteiger partial charge in [0, 0.05) is 30.7 Å². The van der Waals surface area contributed by atoms with Crippen molar-refractivity contribution < 1.29 is 17.6 Å². The molecule has 12 heteroatoms. The minimum atomic E-state index is -2.81. The monoisotopic (exact) mass is 461 g/mol. The van der Waals surface area contributed by atoms with E-state index in [2.05, 4.69) is 30.4 Å². The van der Waals surface area contributed by atoms with Crippen LogP contribution in [0, 0.1) is 0 Å². The van der Waals surface area contributed by atoms with Gasteiger partial charge in [-0.2, -0.15) is 8.78 Å². The summed E-state index contributed by atoms with van der Waals surface area (Å²) in [6.45, 7) is 2.42. The van der Waals surface area contributed by atoms with Crippen LogP contribution in [0.25, 0.3) is 22.0 Å². The van der Waals surface area contributed by atoms with E-state index < -0.39 is 18.5 Å². The molecule has 1 aliphatic heterocycles. The Bertz CT molecular complexity index is 1190. The smallest absolute Gasteiger partial charge is 0.314 e. The third-order valence-electron chi connectivity index (χ3n) is 5.07. The summed E-state index contributed by atoms with van der Waals surface area (Å²) in [5, 5.41) is 15.3. The van der Waals surface area contributed by atoms with Gasteiger partial charge in [0.1, 0.15) is 11.9 Å². The first-order chi connectivity index (χ1) is 15.5. The summed E-state index contributed by atoms with van der Waals surface area (Å²) in [6.07, 6.45) is 0.395. The second kappa shape index (κ2) is 8.79. The predicted molar refractivity (Wildman–Crippen MR) is 110 cm³/mol. The maximum Gasteiger partial charge on any atom is 0.314 e. The average Bonchev–Trinajstić information content (AvgIpc) is 3.56. The molecule has 1 saturated heterocycles. The second-order valence-electron chi connectivity index (χ2n) is 7.47. The highest BCUT2D eigenvalue weighted by atomic mass is 32.1. The Labute approximate surface area is 184 Å². The molecule has 0 saturated carbocycles. The van der Waals surface area contributed by atoms with Crippen molar-refractivity contribution in [2.45, 2.75) is 32.1 Å². The molecule has 0 spiro atoms. The van der Waals surface area contributed by atoms with Crippen LogP contribution >= 0.6 is 11.3 Å². The van der Waals surface area contributed by atoms with Crippen molar-refractivity contribution in [2.75, 3.05) is 13.1 Å². The lowest BCUT2D eigenvalue weighted by molar-refractivity contribution is 0.116. The van der Waals surface area contributed by atoms with Crippen molar-refractivity contribution in [3.05, 3.63) is 53.1 Å². The standard InChI is InChI=1S/C20H18F3N7OS/c21-13-5-6-29(8-13)10-15-3-4-17(32-15)16-11-30(28-25-16)9-14-2-1-12(7-24-14)19-26-27-20(31-19)18(22)23/h1-4,7,11,13,18H,5-6,8-10H2/t13-/m1/s1. The Balaban J connectivity index is 1.22. The molecular weight excluding hydrogens is 443 g/mol. The molecule has 1 atom stereocenters. The van der Waals surface area contributed by atoms with Gasteiger partial charge in [-0.25, -0.2) is 9.07 Å². The third-order valence-corrected chi connectivity index (χ3v) is 6.16. The Morgan fingerprint density at radius 2 is 2.03 bits per heavy atom. The topological polar surface area (TPSA) is 85.8 Å². The molecule has 0 amide bonds. The summed E-state index contributed by atoms with van der Waals surface area (Å²) in [7, 11) is 0. The third kappa shape index (κ3) is 4.55. The molecule has 5 heterocycles. The lowest BCUT2D eigenvalue weighted by atomic mass is 10.2. The number of likely N-dealkylation sites (tertiary alicyclic amines) is 1. The van der Waals surface area contributed by atoms with Crippen LogP contribution in [0.5, 0.6) is 0 Å². The fourth-order valence-corrected chi connectivity index (χ4v) is 4.49. The lowest BCUT2D eigenvalue weighted by Crippen LogP contribution is -2.19. The van der Waals surface area contributed by atoms with Crippen molar-refractivity contribution in [1.29, 1.82) is 0 Å². The number of rotatable bonds is 7. The van der Waals surface area contributed by atoms with Crippen LogP contribution in [-0.4, -0.2) is 54.3 Å². The van der Waals surface area contributed by atoms with E-state index in [9.17, 15) is 13.2 Å². The van der Waals surface area contributed by atoms with Crippen LogP contribution in [0.1, 0.15) is 29.3 Å². The van der Waals surface area contributed by atoms with Gasteiger partial charge in [-0.05, 0) is 30.7 Å². The summed E-state index contributed by atoms with van der Waals surface area (Å²) < 4.78 is 45.1. The van der Waals surface area contributed by atoms with E-state index in [0.717, 1.165) is 28.5 Å². The molecule has 0 N–H and O–H groups in total. The van der Waals surface area contributed by atoms with Gasteiger partial charge in [-0.15, -0.1) is 26.6 Å². The van der Waals surface area contributed by atoms with Gasteiger partial charge >= 0.3 is 6.43 Å². The second-order valence-corrected chi connectivity index (χ2v) is 8.64. The quantitative estimate of drug-likeness (QED) is 0.412.